The number of rotatable bonds is 12. The summed E-state index contributed by atoms with van der Waals surface area (Å²) in [4.78, 5) is 27.3. The number of anilines is 1. The first-order valence-electron chi connectivity index (χ1n) is 11.1. The molecule has 2 aromatic carbocycles. The molecule has 0 aliphatic heterocycles. The van der Waals surface area contributed by atoms with Crippen LogP contribution in [0, 0.1) is 0 Å². The normalized spacial score (nSPS) is 12.1. The molecule has 1 N–H and O–H groups in total. The van der Waals surface area contributed by atoms with Gasteiger partial charge in [-0.15, -0.1) is 0 Å². The molecule has 0 saturated carbocycles. The second kappa shape index (κ2) is 13.0. The summed E-state index contributed by atoms with van der Waals surface area (Å²) in [5, 5.41) is 3.35. The molecule has 0 aromatic heterocycles. The van der Waals surface area contributed by atoms with E-state index < -0.39 is 16.1 Å². The van der Waals surface area contributed by atoms with Crippen molar-refractivity contribution in [2.24, 2.45) is 0 Å². The summed E-state index contributed by atoms with van der Waals surface area (Å²) >= 11 is 12.1. The van der Waals surface area contributed by atoms with Crippen molar-refractivity contribution in [3.05, 3.63) is 58.1 Å². The van der Waals surface area contributed by atoms with Crippen LogP contribution < -0.4 is 14.4 Å². The Morgan fingerprint density at radius 3 is 2.40 bits per heavy atom. The van der Waals surface area contributed by atoms with Gasteiger partial charge in [-0.25, -0.2) is 8.42 Å². The van der Waals surface area contributed by atoms with E-state index in [1.807, 2.05) is 6.92 Å². The number of methoxy groups -OCH3 is 1. The van der Waals surface area contributed by atoms with Crippen molar-refractivity contribution in [1.82, 2.24) is 10.2 Å². The average molecular weight is 545 g/mol. The number of likely N-dealkylation sites (N-methyl/N-ethyl adjacent to an activating group) is 1. The summed E-state index contributed by atoms with van der Waals surface area (Å²) in [5.41, 5.74) is 1.17. The maximum Gasteiger partial charge on any atom is 0.242 e. The minimum absolute atomic E-state index is 0.0464. The Bertz CT molecular complexity index is 1140. The molecule has 8 nitrogen and oxygen atoms in total. The number of carbonyl (C=O) groups is 2. The van der Waals surface area contributed by atoms with E-state index in [9.17, 15) is 18.0 Å². The van der Waals surface area contributed by atoms with E-state index in [1.54, 1.807) is 42.5 Å². The molecular weight excluding hydrogens is 513 g/mol. The van der Waals surface area contributed by atoms with Crippen LogP contribution >= 0.6 is 23.2 Å². The number of benzene rings is 2. The highest BCUT2D eigenvalue weighted by Crippen LogP contribution is 2.25. The predicted molar refractivity (Wildman–Crippen MR) is 140 cm³/mol. The van der Waals surface area contributed by atoms with E-state index in [4.69, 9.17) is 27.9 Å². The largest absolute Gasteiger partial charge is 0.497 e. The van der Waals surface area contributed by atoms with Crippen molar-refractivity contribution in [1.29, 1.82) is 0 Å². The minimum Gasteiger partial charge on any atom is -0.497 e. The Morgan fingerprint density at radius 2 is 1.83 bits per heavy atom. The predicted octanol–water partition coefficient (Wildman–Crippen LogP) is 4.10. The lowest BCUT2D eigenvalue weighted by molar-refractivity contribution is -0.141. The number of hydrogen-bond acceptors (Lipinski definition) is 5. The highest BCUT2D eigenvalue weighted by Gasteiger charge is 2.28. The van der Waals surface area contributed by atoms with Crippen LogP contribution in [0.4, 0.5) is 5.69 Å². The standard InChI is InChI=1S/C24H31Cl2N3O5S/c1-5-22(24(31)27-2)28(16-17-11-12-20(25)21(26)14-17)23(30)10-7-13-29(35(4,32)33)18-8-6-9-19(15-18)34-3/h6,8-9,11-12,14-15,22H,5,7,10,13,16H2,1-4H3,(H,27,31). The van der Waals surface area contributed by atoms with E-state index in [1.165, 1.54) is 23.4 Å². The zero-order chi connectivity index (χ0) is 26.2. The molecule has 0 aliphatic rings. The Labute approximate surface area is 217 Å². The molecule has 192 valence electrons. The fourth-order valence-corrected chi connectivity index (χ4v) is 4.97. The first kappa shape index (κ1) is 28.7. The quantitative estimate of drug-likeness (QED) is 0.434. The van der Waals surface area contributed by atoms with Crippen LogP contribution in [0.25, 0.3) is 0 Å². The van der Waals surface area contributed by atoms with Crippen molar-refractivity contribution >= 4 is 50.7 Å². The molecule has 35 heavy (non-hydrogen) atoms. The highest BCUT2D eigenvalue weighted by molar-refractivity contribution is 7.92. The van der Waals surface area contributed by atoms with Gasteiger partial charge in [-0.05, 0) is 42.7 Å². The minimum atomic E-state index is -3.60. The molecule has 0 aliphatic carbocycles. The second-order valence-corrected chi connectivity index (χ2v) is 10.7. The molecule has 2 aromatic rings. The van der Waals surface area contributed by atoms with Crippen molar-refractivity contribution in [2.75, 3.05) is 31.3 Å². The number of amides is 2. The number of carbonyl (C=O) groups excluding carboxylic acids is 2. The monoisotopic (exact) mass is 543 g/mol. The van der Waals surface area contributed by atoms with Gasteiger partial charge in [0.1, 0.15) is 11.8 Å². The van der Waals surface area contributed by atoms with Gasteiger partial charge in [0, 0.05) is 32.6 Å². The molecule has 0 spiro atoms. The van der Waals surface area contributed by atoms with Crippen molar-refractivity contribution in [3.8, 4) is 5.75 Å². The SMILES string of the molecule is CCC(C(=O)NC)N(Cc1ccc(Cl)c(Cl)c1)C(=O)CCCN(c1cccc(OC)c1)S(C)(=O)=O. The van der Waals surface area contributed by atoms with Gasteiger partial charge in [-0.3, -0.25) is 13.9 Å². The molecule has 1 atom stereocenters. The summed E-state index contributed by atoms with van der Waals surface area (Å²) in [5.74, 6) is -0.0305. The number of ether oxygens (including phenoxy) is 1. The lowest BCUT2D eigenvalue weighted by atomic mass is 10.1. The molecule has 1 unspecified atom stereocenters. The highest BCUT2D eigenvalue weighted by atomic mass is 35.5. The number of sulfonamides is 1. The molecule has 0 saturated heterocycles. The lowest BCUT2D eigenvalue weighted by Crippen LogP contribution is -2.48. The Kier molecular flexibility index (Phi) is 10.7. The molecule has 2 rings (SSSR count). The van der Waals surface area contributed by atoms with Gasteiger partial charge in [-0.2, -0.15) is 0 Å². The summed E-state index contributed by atoms with van der Waals surface area (Å²) in [6.45, 7) is 2.08. The van der Waals surface area contributed by atoms with Crippen molar-refractivity contribution in [2.45, 2.75) is 38.8 Å². The van der Waals surface area contributed by atoms with Crippen LogP contribution in [0.5, 0.6) is 5.75 Å². The van der Waals surface area contributed by atoms with E-state index in [-0.39, 0.29) is 37.7 Å². The van der Waals surface area contributed by atoms with Crippen LogP contribution in [0.3, 0.4) is 0 Å². The summed E-state index contributed by atoms with van der Waals surface area (Å²) in [7, 11) is -0.575. The van der Waals surface area contributed by atoms with E-state index in [0.717, 1.165) is 11.8 Å². The van der Waals surface area contributed by atoms with Gasteiger partial charge in [0.2, 0.25) is 21.8 Å². The zero-order valence-corrected chi connectivity index (χ0v) is 22.6. The van der Waals surface area contributed by atoms with Crippen molar-refractivity contribution in [3.63, 3.8) is 0 Å². The first-order valence-corrected chi connectivity index (χ1v) is 13.7. The molecule has 0 heterocycles. The van der Waals surface area contributed by atoms with Gasteiger partial charge < -0.3 is 15.0 Å². The summed E-state index contributed by atoms with van der Waals surface area (Å²) in [6.07, 6.45) is 1.82. The molecule has 0 radical (unpaired) electrons. The molecule has 0 bridgehead atoms. The van der Waals surface area contributed by atoms with E-state index in [2.05, 4.69) is 5.32 Å². The molecule has 0 fully saturated rings. The lowest BCUT2D eigenvalue weighted by Gasteiger charge is -2.31. The van der Waals surface area contributed by atoms with Gasteiger partial charge in [0.25, 0.3) is 0 Å². The third kappa shape index (κ3) is 8.02. The maximum atomic E-state index is 13.3. The van der Waals surface area contributed by atoms with Gasteiger partial charge >= 0.3 is 0 Å². The fraction of sp³-hybridized carbons (Fsp3) is 0.417. The fourth-order valence-electron chi connectivity index (χ4n) is 3.69. The summed E-state index contributed by atoms with van der Waals surface area (Å²) in [6, 6.07) is 11.1. The number of hydrogen-bond donors (Lipinski definition) is 1. The van der Waals surface area contributed by atoms with E-state index in [0.29, 0.717) is 27.9 Å². The average Bonchev–Trinajstić information content (AvgIpc) is 2.82. The van der Waals surface area contributed by atoms with Crippen LogP contribution in [0.2, 0.25) is 10.0 Å². The maximum absolute atomic E-state index is 13.3. The zero-order valence-electron chi connectivity index (χ0n) is 20.3. The summed E-state index contributed by atoms with van der Waals surface area (Å²) < 4.78 is 31.3. The molecular formula is C24H31Cl2N3O5S. The van der Waals surface area contributed by atoms with Gasteiger partial charge in [0.15, 0.2) is 0 Å². The first-order chi connectivity index (χ1) is 16.5. The molecule has 11 heteroatoms. The van der Waals surface area contributed by atoms with Crippen LogP contribution in [0.1, 0.15) is 31.7 Å². The third-order valence-corrected chi connectivity index (χ3v) is 7.40. The Morgan fingerprint density at radius 1 is 1.11 bits per heavy atom. The van der Waals surface area contributed by atoms with Crippen LogP contribution in [-0.4, -0.2) is 58.1 Å². The van der Waals surface area contributed by atoms with Crippen LogP contribution in [0.15, 0.2) is 42.5 Å². The Balaban J connectivity index is 2.22. The number of nitrogens with one attached hydrogen (secondary N) is 1. The van der Waals surface area contributed by atoms with Gasteiger partial charge in [0.05, 0.1) is 29.1 Å². The smallest absolute Gasteiger partial charge is 0.242 e. The topological polar surface area (TPSA) is 96.0 Å². The third-order valence-electron chi connectivity index (χ3n) is 5.46. The van der Waals surface area contributed by atoms with E-state index >= 15 is 0 Å². The second-order valence-electron chi connectivity index (χ2n) is 7.95. The Hall–Kier alpha value is -2.49. The number of nitrogens with zero attached hydrogens (tertiary/aromatic N) is 2. The number of halogens is 2. The van der Waals surface area contributed by atoms with Crippen molar-refractivity contribution < 1.29 is 22.7 Å². The van der Waals surface area contributed by atoms with Gasteiger partial charge in [-0.1, -0.05) is 42.3 Å². The van der Waals surface area contributed by atoms with Crippen LogP contribution in [-0.2, 0) is 26.2 Å². The molecule has 2 amide bonds.